The second-order valence-corrected chi connectivity index (χ2v) is 6.55. The summed E-state index contributed by atoms with van der Waals surface area (Å²) in [4.78, 5) is 20.7. The quantitative estimate of drug-likeness (QED) is 0.657. The molecule has 2 aliphatic carbocycles. The Morgan fingerprint density at radius 1 is 0.667 bits per heavy atom. The number of aliphatic carboxylic acids is 2. The van der Waals surface area contributed by atoms with Crippen LogP contribution in [0.1, 0.15) is 65.2 Å². The van der Waals surface area contributed by atoms with E-state index >= 15 is 0 Å². The van der Waals surface area contributed by atoms with Crippen molar-refractivity contribution in [2.45, 2.75) is 65.2 Å². The minimum absolute atomic E-state index is 0. The van der Waals surface area contributed by atoms with Crippen molar-refractivity contribution < 1.29 is 47.1 Å². The van der Waals surface area contributed by atoms with Crippen LogP contribution in [0.2, 0.25) is 0 Å². The molecule has 0 aromatic carbocycles. The summed E-state index contributed by atoms with van der Waals surface area (Å²) < 4.78 is 0. The summed E-state index contributed by atoms with van der Waals surface area (Å²) >= 11 is 0. The van der Waals surface area contributed by atoms with Gasteiger partial charge >= 0.3 is 27.3 Å². The Morgan fingerprint density at radius 3 is 1.10 bits per heavy atom. The molecule has 5 heteroatoms. The van der Waals surface area contributed by atoms with Gasteiger partial charge in [-0.3, -0.25) is 0 Å². The van der Waals surface area contributed by atoms with Crippen LogP contribution in [0.4, 0.5) is 0 Å². The van der Waals surface area contributed by atoms with Crippen molar-refractivity contribution in [1.29, 1.82) is 0 Å². The van der Waals surface area contributed by atoms with E-state index in [1.165, 1.54) is 0 Å². The molecule has 2 aliphatic rings. The van der Waals surface area contributed by atoms with Crippen LogP contribution >= 0.6 is 0 Å². The molecule has 0 amide bonds. The molecule has 0 aromatic heterocycles. The number of hydrogen-bond acceptors (Lipinski definition) is 4. The molecule has 2 fully saturated rings. The molecule has 4 nitrogen and oxygen atoms in total. The first-order chi connectivity index (χ1) is 9.40. The van der Waals surface area contributed by atoms with Gasteiger partial charge in [-0.2, -0.15) is 0 Å². The Hall–Kier alpha value is -0.138. The third kappa shape index (κ3) is 8.16. The van der Waals surface area contributed by atoms with Gasteiger partial charge in [0.2, 0.25) is 0 Å². The van der Waals surface area contributed by atoms with Crippen molar-refractivity contribution in [1.82, 2.24) is 0 Å². The maximum Gasteiger partial charge on any atom is 2.00 e. The topological polar surface area (TPSA) is 80.3 Å². The zero-order valence-electron chi connectivity index (χ0n) is 13.3. The molecule has 0 saturated heterocycles. The first-order valence-corrected chi connectivity index (χ1v) is 7.81. The fourth-order valence-electron chi connectivity index (χ4n) is 2.99. The van der Waals surface area contributed by atoms with Crippen LogP contribution in [0, 0.1) is 23.7 Å². The summed E-state index contributed by atoms with van der Waals surface area (Å²) in [5.74, 6) is -0.586. The van der Waals surface area contributed by atoms with Crippen LogP contribution in [0.15, 0.2) is 0 Å². The van der Waals surface area contributed by atoms with Gasteiger partial charge in [-0.15, -0.1) is 0 Å². The normalized spacial score (nSPS) is 32.1. The van der Waals surface area contributed by atoms with Crippen molar-refractivity contribution in [3.8, 4) is 0 Å². The predicted octanol–water partition coefficient (Wildman–Crippen LogP) is 1.12. The standard InChI is InChI=1S/2C8H14O2.Cd/c2*1-6-2-4-7(5-3-6)8(9)10;/h2*6-7H,2-5H2,1H3,(H,9,10);/q;;+2/p-2. The zero-order chi connectivity index (χ0) is 15.1. The number of carbonyl (C=O) groups excluding carboxylic acids is 2. The zero-order valence-corrected chi connectivity index (χ0v) is 17.3. The summed E-state index contributed by atoms with van der Waals surface area (Å²) in [6.07, 6.45) is 7.51. The van der Waals surface area contributed by atoms with Crippen LogP contribution in [0.3, 0.4) is 0 Å². The predicted molar refractivity (Wildman–Crippen MR) is 72.3 cm³/mol. The molecular weight excluding hydrogens is 369 g/mol. The minimum atomic E-state index is -0.855. The number of carboxylic acids is 2. The van der Waals surface area contributed by atoms with E-state index in [2.05, 4.69) is 13.8 Å². The average molecular weight is 395 g/mol. The number of carboxylic acid groups (broad SMARTS) is 2. The third-order valence-corrected chi connectivity index (χ3v) is 4.70. The molecule has 0 aliphatic heterocycles. The van der Waals surface area contributed by atoms with Gasteiger partial charge in [-0.25, -0.2) is 0 Å². The molecule has 2 saturated carbocycles. The summed E-state index contributed by atoms with van der Waals surface area (Å²) in [7, 11) is 0. The van der Waals surface area contributed by atoms with Gasteiger partial charge in [0, 0.05) is 11.9 Å². The summed E-state index contributed by atoms with van der Waals surface area (Å²) in [5, 5.41) is 20.7. The average Bonchev–Trinajstić information content (AvgIpc) is 2.40. The van der Waals surface area contributed by atoms with Gasteiger partial charge in [0.1, 0.15) is 0 Å². The van der Waals surface area contributed by atoms with Crippen LogP contribution < -0.4 is 10.2 Å². The first-order valence-electron chi connectivity index (χ1n) is 7.81. The SMILES string of the molecule is CC1CCC(C(=O)[O-])CC1.CC1CCC(C(=O)[O-])CC1.[Cd+2]. The molecule has 0 bridgehead atoms. The molecule has 0 aromatic rings. The Kier molecular flexibility index (Phi) is 10.5. The number of hydrogen-bond donors (Lipinski definition) is 0. The van der Waals surface area contributed by atoms with Crippen molar-refractivity contribution >= 4 is 11.9 Å². The smallest absolute Gasteiger partial charge is 0.550 e. The van der Waals surface area contributed by atoms with Crippen molar-refractivity contribution in [2.24, 2.45) is 23.7 Å². The second kappa shape index (κ2) is 10.6. The molecule has 0 spiro atoms. The van der Waals surface area contributed by atoms with E-state index in [-0.39, 0.29) is 39.1 Å². The molecule has 2 rings (SSSR count). The molecular formula is C16H26CdO4. The van der Waals surface area contributed by atoms with Gasteiger partial charge in [0.05, 0.1) is 0 Å². The van der Waals surface area contributed by atoms with Crippen molar-refractivity contribution in [3.05, 3.63) is 0 Å². The Morgan fingerprint density at radius 2 is 0.905 bits per heavy atom. The number of rotatable bonds is 2. The fraction of sp³-hybridized carbons (Fsp3) is 0.875. The number of carbonyl (C=O) groups is 2. The Bertz CT molecular complexity index is 284. The van der Waals surface area contributed by atoms with Crippen LogP contribution in [0.25, 0.3) is 0 Å². The molecule has 21 heavy (non-hydrogen) atoms. The van der Waals surface area contributed by atoms with Gasteiger partial charge in [-0.05, 0) is 49.4 Å². The van der Waals surface area contributed by atoms with E-state index in [0.29, 0.717) is 0 Å². The first kappa shape index (κ1) is 20.9. The molecule has 0 atom stereocenters. The summed E-state index contributed by atoms with van der Waals surface area (Å²) in [5.41, 5.74) is 0. The maximum absolute atomic E-state index is 10.3. The maximum atomic E-state index is 10.3. The molecule has 116 valence electrons. The Balaban J connectivity index is 0.000000364. The van der Waals surface area contributed by atoms with Crippen molar-refractivity contribution in [3.63, 3.8) is 0 Å². The molecule has 0 N–H and O–H groups in total. The van der Waals surface area contributed by atoms with E-state index in [1.807, 2.05) is 0 Å². The van der Waals surface area contributed by atoms with Crippen LogP contribution in [0.5, 0.6) is 0 Å². The largest absolute Gasteiger partial charge is 2.00 e. The van der Waals surface area contributed by atoms with E-state index in [4.69, 9.17) is 0 Å². The fourth-order valence-corrected chi connectivity index (χ4v) is 2.99. The third-order valence-electron chi connectivity index (χ3n) is 4.70. The van der Waals surface area contributed by atoms with Gasteiger partial charge in [0.15, 0.2) is 0 Å². The second-order valence-electron chi connectivity index (χ2n) is 6.55. The monoisotopic (exact) mass is 396 g/mol. The molecule has 0 unspecified atom stereocenters. The van der Waals surface area contributed by atoms with Gasteiger partial charge < -0.3 is 19.8 Å². The summed E-state index contributed by atoms with van der Waals surface area (Å²) in [6.45, 7) is 4.34. The van der Waals surface area contributed by atoms with Crippen LogP contribution in [-0.4, -0.2) is 11.9 Å². The summed E-state index contributed by atoms with van der Waals surface area (Å²) in [6, 6.07) is 0. The molecule has 0 heterocycles. The van der Waals surface area contributed by atoms with E-state index in [0.717, 1.165) is 63.2 Å². The van der Waals surface area contributed by atoms with Gasteiger partial charge in [-0.1, -0.05) is 39.5 Å². The van der Waals surface area contributed by atoms with E-state index < -0.39 is 11.9 Å². The van der Waals surface area contributed by atoms with Crippen molar-refractivity contribution in [2.75, 3.05) is 0 Å². The van der Waals surface area contributed by atoms with Crippen LogP contribution in [-0.2, 0) is 36.9 Å². The van der Waals surface area contributed by atoms with E-state index in [1.54, 1.807) is 0 Å². The van der Waals surface area contributed by atoms with E-state index in [9.17, 15) is 19.8 Å². The van der Waals surface area contributed by atoms with Gasteiger partial charge in [0.25, 0.3) is 0 Å². The Labute approximate surface area is 147 Å². The molecule has 0 radical (unpaired) electrons. The minimum Gasteiger partial charge on any atom is -0.550 e.